The lowest BCUT2D eigenvalue weighted by Gasteiger charge is -2.16. The second-order valence-corrected chi connectivity index (χ2v) is 8.06. The maximum absolute atomic E-state index is 13.3. The van der Waals surface area contributed by atoms with Gasteiger partial charge in [0.2, 0.25) is 11.6 Å². The maximum Gasteiger partial charge on any atom is 0.290 e. The van der Waals surface area contributed by atoms with Crippen LogP contribution >= 0.6 is 28.1 Å². The third-order valence-corrected chi connectivity index (χ3v) is 5.50. The molecule has 8 heteroatoms. The number of para-hydroxylation sites is 1. The van der Waals surface area contributed by atoms with Gasteiger partial charge in [-0.1, -0.05) is 51.8 Å². The molecule has 0 saturated carbocycles. The highest BCUT2D eigenvalue weighted by Gasteiger charge is 2.19. The van der Waals surface area contributed by atoms with E-state index in [1.165, 1.54) is 9.13 Å². The Kier molecular flexibility index (Phi) is 5.92. The number of halogens is 1. The molecule has 0 fully saturated rings. The van der Waals surface area contributed by atoms with Crippen molar-refractivity contribution in [2.75, 3.05) is 0 Å². The van der Waals surface area contributed by atoms with Gasteiger partial charge in [-0.05, 0) is 67.7 Å². The van der Waals surface area contributed by atoms with Crippen LogP contribution in [0.4, 0.5) is 11.4 Å². The van der Waals surface area contributed by atoms with Crippen LogP contribution in [0.15, 0.2) is 98.4 Å². The van der Waals surface area contributed by atoms with Crippen LogP contribution in [0, 0.1) is 11.7 Å². The molecule has 4 rings (SSSR count). The van der Waals surface area contributed by atoms with Gasteiger partial charge in [0.1, 0.15) is 0 Å². The molecule has 4 aromatic rings. The van der Waals surface area contributed by atoms with E-state index in [1.807, 2.05) is 61.5 Å². The highest BCUT2D eigenvalue weighted by atomic mass is 79.9. The summed E-state index contributed by atoms with van der Waals surface area (Å²) in [5.74, 6) is -0.369. The molecule has 0 aliphatic heterocycles. The van der Waals surface area contributed by atoms with Crippen LogP contribution in [0.1, 0.15) is 5.56 Å². The molecule has 6 nitrogen and oxygen atoms in total. The summed E-state index contributed by atoms with van der Waals surface area (Å²) in [6.07, 6.45) is 0. The number of hydrogen-bond acceptors (Lipinski definition) is 5. The molecule has 0 atom stereocenters. The first-order valence-corrected chi connectivity index (χ1v) is 10.6. The molecular weight excluding hydrogens is 476 g/mol. The summed E-state index contributed by atoms with van der Waals surface area (Å²) in [6, 6.07) is 23.6. The zero-order valence-corrected chi connectivity index (χ0v) is 18.8. The van der Waals surface area contributed by atoms with E-state index in [1.54, 1.807) is 24.3 Å². The monoisotopic (exact) mass is 492 g/mol. The van der Waals surface area contributed by atoms with Crippen LogP contribution in [0.2, 0.25) is 0 Å². The van der Waals surface area contributed by atoms with Crippen molar-refractivity contribution in [3.63, 3.8) is 0 Å². The Bertz CT molecular complexity index is 1380. The first-order chi connectivity index (χ1) is 15.0. The normalized spacial score (nSPS) is 11.2. The highest BCUT2D eigenvalue weighted by Crippen LogP contribution is 2.29. The Balaban J connectivity index is 1.98. The van der Waals surface area contributed by atoms with Gasteiger partial charge >= 0.3 is 0 Å². The van der Waals surface area contributed by atoms with Gasteiger partial charge < -0.3 is 5.11 Å². The molecule has 154 valence electrons. The number of rotatable bonds is 4. The van der Waals surface area contributed by atoms with Crippen molar-refractivity contribution in [2.24, 2.45) is 10.2 Å². The minimum absolute atomic E-state index is 0.125. The molecule has 0 aliphatic carbocycles. The lowest BCUT2D eigenvalue weighted by molar-refractivity contribution is 0.432. The predicted molar refractivity (Wildman–Crippen MR) is 127 cm³/mol. The molecule has 0 spiro atoms. The molecule has 0 aliphatic rings. The minimum atomic E-state index is -0.557. The Hall–Kier alpha value is -3.36. The van der Waals surface area contributed by atoms with Crippen LogP contribution < -0.4 is 5.56 Å². The lowest BCUT2D eigenvalue weighted by atomic mass is 10.2. The lowest BCUT2D eigenvalue weighted by Crippen LogP contribution is -2.23. The van der Waals surface area contributed by atoms with Crippen LogP contribution in [-0.2, 0) is 0 Å². The Morgan fingerprint density at radius 1 is 0.839 bits per heavy atom. The van der Waals surface area contributed by atoms with E-state index in [9.17, 15) is 9.90 Å². The number of azo groups is 1. The predicted octanol–water partition coefficient (Wildman–Crippen LogP) is 6.55. The average Bonchev–Trinajstić information content (AvgIpc) is 2.77. The largest absolute Gasteiger partial charge is 0.492 e. The number of aromatic hydroxyl groups is 1. The third kappa shape index (κ3) is 4.26. The van der Waals surface area contributed by atoms with Crippen molar-refractivity contribution in [2.45, 2.75) is 6.92 Å². The number of hydrogen-bond donors (Lipinski definition) is 1. The molecule has 0 bridgehead atoms. The minimum Gasteiger partial charge on any atom is -0.492 e. The molecular formula is C23H17BrN4O2S. The van der Waals surface area contributed by atoms with E-state index < -0.39 is 5.56 Å². The number of aryl methyl sites for hydroxylation is 1. The molecule has 1 aromatic heterocycles. The number of aromatic nitrogens is 2. The van der Waals surface area contributed by atoms with Crippen LogP contribution in [-0.4, -0.2) is 14.2 Å². The van der Waals surface area contributed by atoms with Gasteiger partial charge in [0.05, 0.1) is 17.1 Å². The first-order valence-electron chi connectivity index (χ1n) is 9.36. The van der Waals surface area contributed by atoms with Gasteiger partial charge in [0, 0.05) is 4.47 Å². The van der Waals surface area contributed by atoms with E-state index in [0.29, 0.717) is 17.1 Å². The molecule has 0 saturated heterocycles. The van der Waals surface area contributed by atoms with Crippen molar-refractivity contribution < 1.29 is 5.11 Å². The zero-order valence-electron chi connectivity index (χ0n) is 16.4. The summed E-state index contributed by atoms with van der Waals surface area (Å²) in [6.45, 7) is 1.96. The molecule has 1 heterocycles. The van der Waals surface area contributed by atoms with Crippen molar-refractivity contribution in [1.29, 1.82) is 0 Å². The first kappa shape index (κ1) is 20.9. The zero-order chi connectivity index (χ0) is 22.0. The fraction of sp³-hybridized carbons (Fsp3) is 0.0435. The van der Waals surface area contributed by atoms with Crippen molar-refractivity contribution in [3.8, 4) is 17.3 Å². The fourth-order valence-electron chi connectivity index (χ4n) is 3.02. The van der Waals surface area contributed by atoms with Gasteiger partial charge in [-0.3, -0.25) is 13.9 Å². The van der Waals surface area contributed by atoms with E-state index in [0.717, 1.165) is 10.0 Å². The summed E-state index contributed by atoms with van der Waals surface area (Å²) < 4.78 is 3.78. The third-order valence-electron chi connectivity index (χ3n) is 4.61. The van der Waals surface area contributed by atoms with Gasteiger partial charge in [-0.15, -0.1) is 5.11 Å². The summed E-state index contributed by atoms with van der Waals surface area (Å²) in [5, 5.41) is 19.2. The Morgan fingerprint density at radius 2 is 1.45 bits per heavy atom. The van der Waals surface area contributed by atoms with E-state index in [4.69, 9.17) is 12.2 Å². The van der Waals surface area contributed by atoms with Gasteiger partial charge in [-0.25, -0.2) is 0 Å². The second kappa shape index (κ2) is 8.79. The number of benzene rings is 3. The fourth-order valence-corrected chi connectivity index (χ4v) is 3.66. The van der Waals surface area contributed by atoms with Gasteiger partial charge in [0.25, 0.3) is 5.56 Å². The summed E-state index contributed by atoms with van der Waals surface area (Å²) in [5.41, 5.74) is 2.01. The molecule has 1 N–H and O–H groups in total. The smallest absolute Gasteiger partial charge is 0.290 e. The van der Waals surface area contributed by atoms with Crippen LogP contribution in [0.25, 0.3) is 11.4 Å². The van der Waals surface area contributed by atoms with Crippen molar-refractivity contribution in [3.05, 3.63) is 104 Å². The SMILES string of the molecule is Cc1ccc(-n2c(O)c(N=Nc3ccc(Br)cc3)c(=O)n(-c3ccccc3)c2=S)cc1. The summed E-state index contributed by atoms with van der Waals surface area (Å²) >= 11 is 8.97. The maximum atomic E-state index is 13.3. The molecule has 0 unspecified atom stereocenters. The molecule has 0 radical (unpaired) electrons. The Morgan fingerprint density at radius 3 is 2.10 bits per heavy atom. The van der Waals surface area contributed by atoms with Gasteiger partial charge in [-0.2, -0.15) is 5.11 Å². The van der Waals surface area contributed by atoms with E-state index in [-0.39, 0.29) is 16.3 Å². The molecule has 0 amide bonds. The second-order valence-electron chi connectivity index (χ2n) is 6.78. The van der Waals surface area contributed by atoms with E-state index >= 15 is 0 Å². The Labute approximate surface area is 191 Å². The van der Waals surface area contributed by atoms with Crippen molar-refractivity contribution >= 4 is 39.5 Å². The van der Waals surface area contributed by atoms with Gasteiger partial charge in [0.15, 0.2) is 4.77 Å². The highest BCUT2D eigenvalue weighted by molar-refractivity contribution is 9.10. The van der Waals surface area contributed by atoms with Crippen LogP contribution in [0.5, 0.6) is 5.88 Å². The average molecular weight is 493 g/mol. The number of nitrogens with zero attached hydrogens (tertiary/aromatic N) is 4. The molecule has 3 aromatic carbocycles. The van der Waals surface area contributed by atoms with E-state index in [2.05, 4.69) is 26.2 Å². The summed E-state index contributed by atoms with van der Waals surface area (Å²) in [4.78, 5) is 13.3. The molecule has 31 heavy (non-hydrogen) atoms. The van der Waals surface area contributed by atoms with Crippen LogP contribution in [0.3, 0.4) is 0 Å². The standard InChI is InChI=1S/C23H17BrN4O2S/c1-15-7-13-19(14-8-15)28-22(30)20(26-25-17-11-9-16(24)10-12-17)21(29)27(23(28)31)18-5-3-2-4-6-18/h2-14,30H,1H3. The quantitative estimate of drug-likeness (QED) is 0.259. The summed E-state index contributed by atoms with van der Waals surface area (Å²) in [7, 11) is 0. The topological polar surface area (TPSA) is 71.9 Å². The van der Waals surface area contributed by atoms with Crippen molar-refractivity contribution in [1.82, 2.24) is 9.13 Å².